The lowest BCUT2D eigenvalue weighted by Gasteiger charge is -2.17. The second-order valence-corrected chi connectivity index (χ2v) is 5.32. The van der Waals surface area contributed by atoms with E-state index in [9.17, 15) is 0 Å². The van der Waals surface area contributed by atoms with Gasteiger partial charge in [-0.15, -0.1) is 0 Å². The molecule has 1 N–H and O–H groups in total. The summed E-state index contributed by atoms with van der Waals surface area (Å²) in [7, 11) is 0. The molecule has 2 aromatic rings. The van der Waals surface area contributed by atoms with E-state index in [2.05, 4.69) is 34.1 Å². The molecule has 2 aromatic heterocycles. The summed E-state index contributed by atoms with van der Waals surface area (Å²) in [6.45, 7) is 6.97. The molecule has 20 heavy (non-hydrogen) atoms. The van der Waals surface area contributed by atoms with E-state index in [4.69, 9.17) is 11.6 Å². The highest BCUT2D eigenvalue weighted by Gasteiger charge is 2.11. The van der Waals surface area contributed by atoms with Crippen molar-refractivity contribution in [2.75, 3.05) is 5.32 Å². The molecule has 2 heterocycles. The summed E-state index contributed by atoms with van der Waals surface area (Å²) in [6, 6.07) is 0.225. The number of rotatable bonds is 6. The molecule has 1 atom stereocenters. The molecule has 5 nitrogen and oxygen atoms in total. The number of imidazole rings is 1. The van der Waals surface area contributed by atoms with Gasteiger partial charge in [0.1, 0.15) is 16.8 Å². The van der Waals surface area contributed by atoms with Gasteiger partial charge >= 0.3 is 0 Å². The predicted molar refractivity (Wildman–Crippen MR) is 81.1 cm³/mol. The molecule has 108 valence electrons. The van der Waals surface area contributed by atoms with Crippen molar-refractivity contribution in [1.29, 1.82) is 0 Å². The van der Waals surface area contributed by atoms with Crippen LogP contribution in [0.1, 0.15) is 31.7 Å². The van der Waals surface area contributed by atoms with Crippen LogP contribution < -0.4 is 5.32 Å². The van der Waals surface area contributed by atoms with Crippen LogP contribution in [0.25, 0.3) is 0 Å². The van der Waals surface area contributed by atoms with Crippen LogP contribution in [0.5, 0.6) is 0 Å². The smallest absolute Gasteiger partial charge is 0.137 e. The molecule has 2 rings (SSSR count). The zero-order chi connectivity index (χ0) is 14.5. The molecule has 6 heteroatoms. The third kappa shape index (κ3) is 3.70. The van der Waals surface area contributed by atoms with Crippen LogP contribution in [-0.4, -0.2) is 25.6 Å². The summed E-state index contributed by atoms with van der Waals surface area (Å²) in [5.74, 6) is 1.61. The van der Waals surface area contributed by atoms with Gasteiger partial charge in [-0.1, -0.05) is 18.5 Å². The molecule has 0 amide bonds. The molecule has 0 radical (unpaired) electrons. The quantitative estimate of drug-likeness (QED) is 0.832. The van der Waals surface area contributed by atoms with Crippen molar-refractivity contribution in [2.45, 2.75) is 46.2 Å². The summed E-state index contributed by atoms with van der Waals surface area (Å²) >= 11 is 6.17. The standard InChI is InChI=1S/C14H20ClN5/c1-4-5-12-18-13(15)11(3)14(19-12)17-10(2)8-20-7-6-16-9-20/h6-7,9-10H,4-5,8H2,1-3H3,(H,17,18,19). The molecular weight excluding hydrogens is 274 g/mol. The lowest BCUT2D eigenvalue weighted by molar-refractivity contribution is 0.615. The maximum atomic E-state index is 6.17. The van der Waals surface area contributed by atoms with Crippen molar-refractivity contribution < 1.29 is 0 Å². The minimum Gasteiger partial charge on any atom is -0.365 e. The Labute approximate surface area is 124 Å². The fourth-order valence-electron chi connectivity index (χ4n) is 2.00. The van der Waals surface area contributed by atoms with Gasteiger partial charge in [-0.2, -0.15) is 0 Å². The van der Waals surface area contributed by atoms with Gasteiger partial charge in [-0.05, 0) is 20.3 Å². The van der Waals surface area contributed by atoms with Gasteiger partial charge in [0.05, 0.1) is 6.33 Å². The average molecular weight is 294 g/mol. The largest absolute Gasteiger partial charge is 0.365 e. The minimum absolute atomic E-state index is 0.225. The molecule has 0 fully saturated rings. The van der Waals surface area contributed by atoms with Crippen molar-refractivity contribution in [3.05, 3.63) is 35.3 Å². The molecule has 0 saturated heterocycles. The van der Waals surface area contributed by atoms with Crippen molar-refractivity contribution in [3.63, 3.8) is 0 Å². The monoisotopic (exact) mass is 293 g/mol. The van der Waals surface area contributed by atoms with E-state index in [0.717, 1.165) is 36.6 Å². The molecule has 0 aliphatic rings. The summed E-state index contributed by atoms with van der Waals surface area (Å²) < 4.78 is 2.03. The number of hydrogen-bond donors (Lipinski definition) is 1. The maximum absolute atomic E-state index is 6.17. The first kappa shape index (κ1) is 14.8. The Morgan fingerprint density at radius 2 is 2.20 bits per heavy atom. The third-order valence-electron chi connectivity index (χ3n) is 3.03. The number of hydrogen-bond acceptors (Lipinski definition) is 4. The highest BCUT2D eigenvalue weighted by molar-refractivity contribution is 6.30. The Hall–Kier alpha value is -1.62. The van der Waals surface area contributed by atoms with Gasteiger partial charge in [0.25, 0.3) is 0 Å². The van der Waals surface area contributed by atoms with E-state index >= 15 is 0 Å². The fraction of sp³-hybridized carbons (Fsp3) is 0.500. The lowest BCUT2D eigenvalue weighted by Crippen LogP contribution is -2.23. The Bertz CT molecular complexity index is 553. The van der Waals surface area contributed by atoms with E-state index in [1.165, 1.54) is 0 Å². The number of anilines is 1. The average Bonchev–Trinajstić information content (AvgIpc) is 2.88. The summed E-state index contributed by atoms with van der Waals surface area (Å²) in [6.07, 6.45) is 7.37. The molecule has 0 aliphatic heterocycles. The Morgan fingerprint density at radius 1 is 1.40 bits per heavy atom. The normalized spacial score (nSPS) is 12.4. The van der Waals surface area contributed by atoms with Crippen LogP contribution in [0.4, 0.5) is 5.82 Å². The molecule has 0 spiro atoms. The minimum atomic E-state index is 0.225. The second kappa shape index (κ2) is 6.70. The van der Waals surface area contributed by atoms with Gasteiger partial charge in [0.15, 0.2) is 0 Å². The van der Waals surface area contributed by atoms with Gasteiger partial charge in [-0.25, -0.2) is 15.0 Å². The van der Waals surface area contributed by atoms with Crippen molar-refractivity contribution in [2.24, 2.45) is 0 Å². The van der Waals surface area contributed by atoms with Crippen LogP contribution >= 0.6 is 11.6 Å². The summed E-state index contributed by atoms with van der Waals surface area (Å²) in [5.41, 5.74) is 0.893. The highest BCUT2D eigenvalue weighted by Crippen LogP contribution is 2.21. The van der Waals surface area contributed by atoms with Crippen LogP contribution in [0, 0.1) is 6.92 Å². The van der Waals surface area contributed by atoms with E-state index < -0.39 is 0 Å². The maximum Gasteiger partial charge on any atom is 0.137 e. The van der Waals surface area contributed by atoms with E-state index in [-0.39, 0.29) is 6.04 Å². The Balaban J connectivity index is 2.11. The highest BCUT2D eigenvalue weighted by atomic mass is 35.5. The van der Waals surface area contributed by atoms with Gasteiger partial charge < -0.3 is 9.88 Å². The van der Waals surface area contributed by atoms with Crippen LogP contribution in [0.3, 0.4) is 0 Å². The van der Waals surface area contributed by atoms with E-state index in [1.807, 2.05) is 17.7 Å². The molecule has 0 saturated carbocycles. The first-order chi connectivity index (χ1) is 9.60. The Morgan fingerprint density at radius 3 is 2.85 bits per heavy atom. The second-order valence-electron chi connectivity index (χ2n) is 4.96. The summed E-state index contributed by atoms with van der Waals surface area (Å²) in [4.78, 5) is 12.9. The number of aryl methyl sites for hydroxylation is 1. The van der Waals surface area contributed by atoms with Gasteiger partial charge in [0, 0.05) is 37.0 Å². The Kier molecular flexibility index (Phi) is 4.95. The lowest BCUT2D eigenvalue weighted by atomic mass is 10.2. The molecule has 0 bridgehead atoms. The van der Waals surface area contributed by atoms with Crippen molar-refractivity contribution >= 4 is 17.4 Å². The van der Waals surface area contributed by atoms with Crippen LogP contribution in [0.15, 0.2) is 18.7 Å². The SMILES string of the molecule is CCCc1nc(Cl)c(C)c(NC(C)Cn2ccnc2)n1. The van der Waals surface area contributed by atoms with Gasteiger partial charge in [0.2, 0.25) is 0 Å². The fourth-order valence-corrected chi connectivity index (χ4v) is 2.19. The zero-order valence-corrected chi connectivity index (χ0v) is 12.9. The van der Waals surface area contributed by atoms with Crippen molar-refractivity contribution in [1.82, 2.24) is 19.5 Å². The van der Waals surface area contributed by atoms with Gasteiger partial charge in [-0.3, -0.25) is 0 Å². The van der Waals surface area contributed by atoms with Crippen LogP contribution in [0.2, 0.25) is 5.15 Å². The third-order valence-corrected chi connectivity index (χ3v) is 3.40. The zero-order valence-electron chi connectivity index (χ0n) is 12.1. The predicted octanol–water partition coefficient (Wildman–Crippen LogP) is 3.09. The summed E-state index contributed by atoms with van der Waals surface area (Å²) in [5, 5.41) is 3.93. The van der Waals surface area contributed by atoms with E-state index in [1.54, 1.807) is 12.5 Å². The first-order valence-electron chi connectivity index (χ1n) is 6.85. The first-order valence-corrected chi connectivity index (χ1v) is 7.23. The molecule has 0 aromatic carbocycles. The van der Waals surface area contributed by atoms with Crippen molar-refractivity contribution in [3.8, 4) is 0 Å². The molecule has 1 unspecified atom stereocenters. The topological polar surface area (TPSA) is 55.6 Å². The molecular formula is C14H20ClN5. The number of aromatic nitrogens is 4. The van der Waals surface area contributed by atoms with E-state index in [0.29, 0.717) is 5.15 Å². The molecule has 0 aliphatic carbocycles. The van der Waals surface area contributed by atoms with Crippen LogP contribution in [-0.2, 0) is 13.0 Å². The number of nitrogens with one attached hydrogen (secondary N) is 1. The number of nitrogens with zero attached hydrogens (tertiary/aromatic N) is 4. The number of halogens is 1.